The van der Waals surface area contributed by atoms with Crippen LogP contribution in [0.1, 0.15) is 6.92 Å². The molecule has 7 heteroatoms. The van der Waals surface area contributed by atoms with E-state index in [4.69, 9.17) is 5.73 Å². The summed E-state index contributed by atoms with van der Waals surface area (Å²) < 4.78 is 31.2. The van der Waals surface area contributed by atoms with Gasteiger partial charge in [-0.05, 0) is 6.92 Å². The third kappa shape index (κ3) is 5.05. The van der Waals surface area contributed by atoms with Crippen molar-refractivity contribution in [3.05, 3.63) is 0 Å². The molecule has 1 unspecified atom stereocenters. The maximum absolute atomic E-state index is 11.4. The Hall–Kier alpha value is 0.235. The van der Waals surface area contributed by atoms with E-state index in [-0.39, 0.29) is 0 Å². The first-order chi connectivity index (χ1) is 4.48. The minimum Gasteiger partial charge on any atom is -0.370 e. The summed E-state index contributed by atoms with van der Waals surface area (Å²) in [6, 6.07) is 0. The molecule has 59 valence electrons. The zero-order valence-corrected chi connectivity index (χ0v) is 6.57. The molecule has 0 fully saturated rings. The van der Waals surface area contributed by atoms with E-state index >= 15 is 0 Å². The first kappa shape index (κ1) is 10.2. The number of hydrogen-bond donors (Lipinski definition) is 1. The lowest BCUT2D eigenvalue weighted by Gasteiger charge is -2.19. The highest BCUT2D eigenvalue weighted by molar-refractivity contribution is 7.42. The summed E-state index contributed by atoms with van der Waals surface area (Å²) in [6.07, 6.45) is 0. The van der Waals surface area contributed by atoms with Crippen molar-refractivity contribution in [1.82, 2.24) is 0 Å². The van der Waals surface area contributed by atoms with Crippen LogP contribution in [0.4, 0.5) is 8.39 Å². The third-order valence-corrected chi connectivity index (χ3v) is 1.07. The van der Waals surface area contributed by atoms with Gasteiger partial charge in [0.2, 0.25) is 0 Å². The summed E-state index contributed by atoms with van der Waals surface area (Å²) in [6.45, 7) is 1.41. The fraction of sp³-hybridized carbons (Fsp3) is 1.00. The van der Waals surface area contributed by atoms with Crippen LogP contribution in [-0.2, 0) is 9.18 Å². The Morgan fingerprint density at radius 1 is 1.60 bits per heavy atom. The zero-order chi connectivity index (χ0) is 8.20. The Morgan fingerprint density at radius 2 is 2.10 bits per heavy atom. The molecule has 0 bridgehead atoms. The molecular formula is C3H8BF2NO2P. The molecule has 0 aliphatic heterocycles. The summed E-state index contributed by atoms with van der Waals surface area (Å²) in [7, 11) is -1.31. The summed E-state index contributed by atoms with van der Waals surface area (Å²) in [5.41, 5.74) is 4.00. The Labute approximate surface area is 60.2 Å². The van der Waals surface area contributed by atoms with Crippen LogP contribution in [0.25, 0.3) is 0 Å². The topological polar surface area (TPSA) is 44.5 Å². The van der Waals surface area contributed by atoms with Crippen molar-refractivity contribution < 1.29 is 17.6 Å². The molecule has 0 spiro atoms. The largest absolute Gasteiger partial charge is 0.399 e. The van der Waals surface area contributed by atoms with Crippen LogP contribution in [0.2, 0.25) is 0 Å². The monoisotopic (exact) mass is 170 g/mol. The van der Waals surface area contributed by atoms with Gasteiger partial charge in [-0.1, -0.05) is 0 Å². The molecule has 3 nitrogen and oxygen atoms in total. The van der Waals surface area contributed by atoms with Gasteiger partial charge in [-0.15, -0.1) is 0 Å². The SMILES string of the molecule is COC(C)(N)[B]OP(F)F. The predicted molar refractivity (Wildman–Crippen MR) is 35.6 cm³/mol. The number of halogens is 2. The molecule has 1 radical (unpaired) electrons. The van der Waals surface area contributed by atoms with E-state index in [1.54, 1.807) is 0 Å². The van der Waals surface area contributed by atoms with E-state index < -0.39 is 14.4 Å². The fourth-order valence-electron chi connectivity index (χ4n) is 0.193. The summed E-state index contributed by atoms with van der Waals surface area (Å²) in [5.74, 6) is 0. The Morgan fingerprint density at radius 3 is 2.40 bits per heavy atom. The highest BCUT2D eigenvalue weighted by atomic mass is 31.2. The molecule has 0 heterocycles. The van der Waals surface area contributed by atoms with E-state index in [1.165, 1.54) is 14.0 Å². The quantitative estimate of drug-likeness (QED) is 0.389. The van der Waals surface area contributed by atoms with Crippen LogP contribution in [0.15, 0.2) is 0 Å². The Kier molecular flexibility index (Phi) is 4.28. The van der Waals surface area contributed by atoms with Crippen LogP contribution in [0, 0.1) is 0 Å². The van der Waals surface area contributed by atoms with Crippen LogP contribution >= 0.6 is 8.77 Å². The van der Waals surface area contributed by atoms with Crippen LogP contribution in [0.5, 0.6) is 0 Å². The molecule has 0 saturated heterocycles. The molecule has 0 saturated carbocycles. The lowest BCUT2D eigenvalue weighted by atomic mass is 9.86. The second-order valence-electron chi connectivity index (χ2n) is 1.81. The van der Waals surface area contributed by atoms with E-state index in [2.05, 4.69) is 9.18 Å². The molecule has 0 aliphatic rings. The van der Waals surface area contributed by atoms with Gasteiger partial charge in [0.25, 0.3) is 0 Å². The molecule has 0 rings (SSSR count). The smallest absolute Gasteiger partial charge is 0.370 e. The maximum Gasteiger partial charge on any atom is 0.399 e. The lowest BCUT2D eigenvalue weighted by Crippen LogP contribution is -2.45. The molecule has 10 heavy (non-hydrogen) atoms. The first-order valence-corrected chi connectivity index (χ1v) is 3.49. The van der Waals surface area contributed by atoms with Gasteiger partial charge in [0.15, 0.2) is 0 Å². The van der Waals surface area contributed by atoms with Crippen LogP contribution < -0.4 is 5.73 Å². The highest BCUT2D eigenvalue weighted by Gasteiger charge is 2.23. The number of ether oxygens (including phenoxy) is 1. The van der Waals surface area contributed by atoms with Crippen molar-refractivity contribution in [3.63, 3.8) is 0 Å². The van der Waals surface area contributed by atoms with Gasteiger partial charge in [0.1, 0.15) is 5.62 Å². The van der Waals surface area contributed by atoms with Crippen molar-refractivity contribution in [1.29, 1.82) is 0 Å². The molecular weight excluding hydrogens is 162 g/mol. The van der Waals surface area contributed by atoms with Gasteiger partial charge in [-0.3, -0.25) is 0 Å². The van der Waals surface area contributed by atoms with Crippen molar-refractivity contribution in [2.75, 3.05) is 7.11 Å². The standard InChI is InChI=1S/C3H8BF2NO2P/c1-3(7,8-2)4-9-10(5)6/h7H2,1-2H3. The van der Waals surface area contributed by atoms with E-state index in [9.17, 15) is 8.39 Å². The van der Waals surface area contributed by atoms with Crippen molar-refractivity contribution in [2.24, 2.45) is 5.73 Å². The van der Waals surface area contributed by atoms with Crippen molar-refractivity contribution in [2.45, 2.75) is 12.5 Å². The highest BCUT2D eigenvalue weighted by Crippen LogP contribution is 2.39. The maximum atomic E-state index is 11.4. The second-order valence-corrected chi connectivity index (χ2v) is 2.43. The number of rotatable bonds is 4. The van der Waals surface area contributed by atoms with E-state index in [0.717, 1.165) is 7.48 Å². The minimum absolute atomic E-state index is 0.776. The lowest BCUT2D eigenvalue weighted by molar-refractivity contribution is 0.0737. The fourth-order valence-corrected chi connectivity index (χ4v) is 0.482. The number of methoxy groups -OCH3 is 1. The van der Waals surface area contributed by atoms with Gasteiger partial charge in [-0.2, -0.15) is 8.39 Å². The number of hydrogen-bond acceptors (Lipinski definition) is 3. The zero-order valence-electron chi connectivity index (χ0n) is 5.67. The molecule has 1 atom stereocenters. The van der Waals surface area contributed by atoms with Crippen molar-refractivity contribution >= 4 is 16.3 Å². The van der Waals surface area contributed by atoms with Gasteiger partial charge in [0.05, 0.1) is 0 Å². The summed E-state index contributed by atoms with van der Waals surface area (Å²) in [5, 5.41) is 0. The third-order valence-electron chi connectivity index (χ3n) is 0.806. The summed E-state index contributed by atoms with van der Waals surface area (Å²) >= 11 is 0. The minimum atomic E-state index is -3.39. The van der Waals surface area contributed by atoms with Crippen LogP contribution in [0.3, 0.4) is 0 Å². The molecule has 2 N–H and O–H groups in total. The molecule has 0 amide bonds. The molecule has 0 aromatic carbocycles. The predicted octanol–water partition coefficient (Wildman–Crippen LogP) is 1.07. The Bertz CT molecular complexity index is 105. The van der Waals surface area contributed by atoms with Gasteiger partial charge in [-0.25, -0.2) is 0 Å². The average molecular weight is 170 g/mol. The first-order valence-electron chi connectivity index (χ1n) is 2.45. The van der Waals surface area contributed by atoms with Gasteiger partial charge < -0.3 is 14.9 Å². The van der Waals surface area contributed by atoms with Crippen LogP contribution in [-0.4, -0.2) is 20.2 Å². The average Bonchev–Trinajstić information content (AvgIpc) is 1.85. The van der Waals surface area contributed by atoms with E-state index in [0.29, 0.717) is 0 Å². The second kappa shape index (κ2) is 4.18. The molecule has 0 aliphatic carbocycles. The van der Waals surface area contributed by atoms with Crippen molar-refractivity contribution in [3.8, 4) is 0 Å². The van der Waals surface area contributed by atoms with Gasteiger partial charge in [0, 0.05) is 7.11 Å². The summed E-state index contributed by atoms with van der Waals surface area (Å²) in [4.78, 5) is 0. The molecule has 0 aromatic heterocycles. The number of nitrogens with two attached hydrogens (primary N) is 1. The molecule has 0 aromatic rings. The van der Waals surface area contributed by atoms with Gasteiger partial charge >= 0.3 is 16.3 Å². The Balaban J connectivity index is 3.46. The van der Waals surface area contributed by atoms with E-state index in [1.807, 2.05) is 0 Å². The normalized spacial score (nSPS) is 17.0.